The van der Waals surface area contributed by atoms with Gasteiger partial charge in [0.1, 0.15) is 0 Å². The van der Waals surface area contributed by atoms with E-state index < -0.39 is 0 Å². The maximum absolute atomic E-state index is 5.22. The molecule has 1 saturated heterocycles. The van der Waals surface area contributed by atoms with Crippen molar-refractivity contribution in [3.8, 4) is 0 Å². The second-order valence-corrected chi connectivity index (χ2v) is 5.18. The third kappa shape index (κ3) is 2.64. The lowest BCUT2D eigenvalue weighted by molar-refractivity contribution is 0.367. The van der Waals surface area contributed by atoms with E-state index in [0.29, 0.717) is 11.8 Å². The molecule has 2 aromatic rings. The first-order chi connectivity index (χ1) is 9.76. The van der Waals surface area contributed by atoms with Gasteiger partial charge in [0.25, 0.3) is 0 Å². The molecule has 0 spiro atoms. The highest BCUT2D eigenvalue weighted by atomic mass is 16.5. The van der Waals surface area contributed by atoms with Gasteiger partial charge in [0.15, 0.2) is 5.82 Å². The lowest BCUT2D eigenvalue weighted by atomic mass is 9.97. The summed E-state index contributed by atoms with van der Waals surface area (Å²) in [7, 11) is 0. The molecule has 0 amide bonds. The van der Waals surface area contributed by atoms with E-state index in [0.717, 1.165) is 49.8 Å². The van der Waals surface area contributed by atoms with Gasteiger partial charge in [-0.25, -0.2) is 9.97 Å². The Morgan fingerprint density at radius 3 is 3.05 bits per heavy atom. The lowest BCUT2D eigenvalue weighted by Crippen LogP contribution is -2.36. The van der Waals surface area contributed by atoms with Gasteiger partial charge in [-0.2, -0.15) is 4.98 Å². The van der Waals surface area contributed by atoms with Crippen LogP contribution in [0.25, 0.3) is 0 Å². The Kier molecular flexibility index (Phi) is 3.62. The number of anilines is 1. The summed E-state index contributed by atoms with van der Waals surface area (Å²) in [5.41, 5.74) is 0.991. The van der Waals surface area contributed by atoms with Crippen molar-refractivity contribution < 1.29 is 4.52 Å². The first-order valence-corrected chi connectivity index (χ1v) is 7.13. The van der Waals surface area contributed by atoms with E-state index in [1.54, 1.807) is 0 Å². The highest BCUT2D eigenvalue weighted by Gasteiger charge is 2.26. The number of rotatable bonds is 3. The Balaban J connectivity index is 1.76. The normalized spacial score (nSPS) is 19.3. The Morgan fingerprint density at radius 1 is 1.40 bits per heavy atom. The Labute approximate surface area is 118 Å². The highest BCUT2D eigenvalue weighted by Crippen LogP contribution is 2.26. The summed E-state index contributed by atoms with van der Waals surface area (Å²) in [6.45, 7) is 5.84. The van der Waals surface area contributed by atoms with Gasteiger partial charge >= 0.3 is 0 Å². The van der Waals surface area contributed by atoms with Crippen molar-refractivity contribution in [3.63, 3.8) is 0 Å². The van der Waals surface area contributed by atoms with E-state index in [-0.39, 0.29) is 0 Å². The molecule has 0 radical (unpaired) electrons. The fraction of sp³-hybridized carbons (Fsp3) is 0.571. The van der Waals surface area contributed by atoms with Gasteiger partial charge in [0.2, 0.25) is 11.8 Å². The molecule has 0 aliphatic carbocycles. The van der Waals surface area contributed by atoms with E-state index in [9.17, 15) is 0 Å². The van der Waals surface area contributed by atoms with Crippen LogP contribution in [0, 0.1) is 6.92 Å². The van der Waals surface area contributed by atoms with E-state index in [1.807, 2.05) is 26.1 Å². The van der Waals surface area contributed by atoms with Gasteiger partial charge in [-0.1, -0.05) is 12.1 Å². The first kappa shape index (κ1) is 13.0. The summed E-state index contributed by atoms with van der Waals surface area (Å²) in [6, 6.07) is 1.91. The molecule has 20 heavy (non-hydrogen) atoms. The van der Waals surface area contributed by atoms with Gasteiger partial charge in [0.05, 0.1) is 0 Å². The number of piperidine rings is 1. The molecule has 1 aliphatic rings. The molecule has 0 N–H and O–H groups in total. The van der Waals surface area contributed by atoms with Crippen LogP contribution in [0.2, 0.25) is 0 Å². The van der Waals surface area contributed by atoms with Crippen LogP contribution in [0.3, 0.4) is 0 Å². The topological polar surface area (TPSA) is 67.9 Å². The van der Waals surface area contributed by atoms with Crippen LogP contribution >= 0.6 is 0 Å². The molecule has 0 unspecified atom stereocenters. The van der Waals surface area contributed by atoms with Crippen LogP contribution < -0.4 is 4.90 Å². The van der Waals surface area contributed by atoms with Crippen LogP contribution in [-0.2, 0) is 6.42 Å². The lowest BCUT2D eigenvalue weighted by Gasteiger charge is -2.31. The number of aromatic nitrogens is 4. The number of hydrogen-bond acceptors (Lipinski definition) is 6. The minimum atomic E-state index is 0.303. The van der Waals surface area contributed by atoms with Crippen LogP contribution in [0.5, 0.6) is 0 Å². The average Bonchev–Trinajstić information content (AvgIpc) is 2.96. The van der Waals surface area contributed by atoms with E-state index >= 15 is 0 Å². The predicted molar refractivity (Wildman–Crippen MR) is 74.6 cm³/mol. The van der Waals surface area contributed by atoms with Crippen molar-refractivity contribution in [1.82, 2.24) is 20.1 Å². The van der Waals surface area contributed by atoms with Crippen molar-refractivity contribution in [2.24, 2.45) is 0 Å². The summed E-state index contributed by atoms with van der Waals surface area (Å²) in [6.07, 6.45) is 4.78. The molecule has 106 valence electrons. The molecule has 6 heteroatoms. The standard InChI is InChI=1S/C14H19N5O/c1-3-12-17-13(18-20-12)11-5-4-8-19(9-11)14-15-7-6-10(2)16-14/h6-7,11H,3-5,8-9H2,1-2H3/t11-/m1/s1. The summed E-state index contributed by atoms with van der Waals surface area (Å²) >= 11 is 0. The van der Waals surface area contributed by atoms with E-state index in [2.05, 4.69) is 25.0 Å². The summed E-state index contributed by atoms with van der Waals surface area (Å²) in [4.78, 5) is 15.5. The summed E-state index contributed by atoms with van der Waals surface area (Å²) in [5.74, 6) is 2.63. The van der Waals surface area contributed by atoms with Gasteiger partial charge in [-0.05, 0) is 25.8 Å². The maximum Gasteiger partial charge on any atom is 0.226 e. The number of hydrogen-bond donors (Lipinski definition) is 0. The van der Waals surface area contributed by atoms with Crippen LogP contribution in [0.15, 0.2) is 16.8 Å². The maximum atomic E-state index is 5.22. The molecule has 0 bridgehead atoms. The molecule has 3 heterocycles. The van der Waals surface area contributed by atoms with Crippen LogP contribution in [-0.4, -0.2) is 33.2 Å². The van der Waals surface area contributed by atoms with Gasteiger partial charge < -0.3 is 9.42 Å². The molecule has 2 aromatic heterocycles. The molecule has 1 fully saturated rings. The molecule has 0 saturated carbocycles. The van der Waals surface area contributed by atoms with Gasteiger partial charge in [0, 0.05) is 37.3 Å². The average molecular weight is 273 g/mol. The fourth-order valence-electron chi connectivity index (χ4n) is 2.54. The highest BCUT2D eigenvalue weighted by molar-refractivity contribution is 5.32. The Morgan fingerprint density at radius 2 is 2.30 bits per heavy atom. The molecular formula is C14H19N5O. The van der Waals surface area contributed by atoms with Crippen molar-refractivity contribution >= 4 is 5.95 Å². The van der Waals surface area contributed by atoms with Crippen molar-refractivity contribution in [3.05, 3.63) is 29.7 Å². The van der Waals surface area contributed by atoms with Gasteiger partial charge in [-0.3, -0.25) is 0 Å². The molecular weight excluding hydrogens is 254 g/mol. The van der Waals surface area contributed by atoms with Gasteiger partial charge in [-0.15, -0.1) is 0 Å². The number of aryl methyl sites for hydroxylation is 2. The van der Waals surface area contributed by atoms with Crippen molar-refractivity contribution in [2.75, 3.05) is 18.0 Å². The van der Waals surface area contributed by atoms with Crippen molar-refractivity contribution in [2.45, 2.75) is 39.0 Å². The Bertz CT molecular complexity index is 582. The van der Waals surface area contributed by atoms with E-state index in [1.165, 1.54) is 0 Å². The minimum absolute atomic E-state index is 0.303. The van der Waals surface area contributed by atoms with E-state index in [4.69, 9.17) is 4.52 Å². The molecule has 1 aliphatic heterocycles. The fourth-order valence-corrected chi connectivity index (χ4v) is 2.54. The SMILES string of the molecule is CCc1nc([C@@H]2CCCN(c3nccc(C)n3)C2)no1. The Hall–Kier alpha value is -1.98. The third-order valence-corrected chi connectivity index (χ3v) is 3.64. The van der Waals surface area contributed by atoms with Crippen molar-refractivity contribution in [1.29, 1.82) is 0 Å². The molecule has 3 rings (SSSR count). The smallest absolute Gasteiger partial charge is 0.226 e. The summed E-state index contributed by atoms with van der Waals surface area (Å²) < 4.78 is 5.22. The number of nitrogens with zero attached hydrogens (tertiary/aromatic N) is 5. The zero-order chi connectivity index (χ0) is 13.9. The zero-order valence-corrected chi connectivity index (χ0v) is 11.9. The molecule has 0 aromatic carbocycles. The second-order valence-electron chi connectivity index (χ2n) is 5.18. The predicted octanol–water partition coefficient (Wildman–Crippen LogP) is 2.11. The summed E-state index contributed by atoms with van der Waals surface area (Å²) in [5, 5.41) is 4.10. The van der Waals surface area contributed by atoms with Crippen LogP contribution in [0.4, 0.5) is 5.95 Å². The largest absolute Gasteiger partial charge is 0.340 e. The molecule has 6 nitrogen and oxygen atoms in total. The second kappa shape index (κ2) is 5.56. The van der Waals surface area contributed by atoms with Crippen LogP contribution in [0.1, 0.15) is 43.1 Å². The monoisotopic (exact) mass is 273 g/mol. The minimum Gasteiger partial charge on any atom is -0.340 e. The quantitative estimate of drug-likeness (QED) is 0.853. The first-order valence-electron chi connectivity index (χ1n) is 7.13. The third-order valence-electron chi connectivity index (χ3n) is 3.64. The zero-order valence-electron chi connectivity index (χ0n) is 11.9. The molecule has 1 atom stereocenters.